The maximum Gasteiger partial charge on any atom is 0.244 e. The van der Waals surface area contributed by atoms with Crippen molar-refractivity contribution in [1.82, 2.24) is 5.32 Å². The van der Waals surface area contributed by atoms with Crippen LogP contribution in [0.5, 0.6) is 0 Å². The maximum atomic E-state index is 13.2. The summed E-state index contributed by atoms with van der Waals surface area (Å²) in [4.78, 5) is 13.2. The zero-order valence-corrected chi connectivity index (χ0v) is 19.3. The van der Waals surface area contributed by atoms with E-state index in [1.807, 2.05) is 45.9 Å². The summed E-state index contributed by atoms with van der Waals surface area (Å²) in [5.74, 6) is -0.282. The van der Waals surface area contributed by atoms with Crippen molar-refractivity contribution >= 4 is 21.6 Å². The molecule has 0 saturated heterocycles. The molecule has 0 saturated carbocycles. The second-order valence-electron chi connectivity index (χ2n) is 8.44. The number of amides is 1. The Balaban J connectivity index is 1.87. The van der Waals surface area contributed by atoms with Gasteiger partial charge in [-0.3, -0.25) is 9.10 Å². The molecule has 2 aromatic carbocycles. The van der Waals surface area contributed by atoms with Crippen molar-refractivity contribution < 1.29 is 13.2 Å². The Labute approximate surface area is 180 Å². The van der Waals surface area contributed by atoms with Crippen molar-refractivity contribution in [3.05, 3.63) is 64.2 Å². The van der Waals surface area contributed by atoms with Gasteiger partial charge in [-0.1, -0.05) is 31.2 Å². The molecule has 0 spiro atoms. The molecule has 0 radical (unpaired) electrons. The number of carbonyl (C=O) groups is 1. The third-order valence-electron chi connectivity index (χ3n) is 5.77. The predicted molar refractivity (Wildman–Crippen MR) is 122 cm³/mol. The fraction of sp³-hybridized carbons (Fsp3) is 0.458. The van der Waals surface area contributed by atoms with E-state index in [-0.39, 0.29) is 11.9 Å². The minimum Gasteiger partial charge on any atom is -0.348 e. The first-order chi connectivity index (χ1) is 14.1. The number of hydrogen-bond donors (Lipinski definition) is 1. The van der Waals surface area contributed by atoms with Crippen LogP contribution in [0.2, 0.25) is 0 Å². The molecule has 2 aromatic rings. The third kappa shape index (κ3) is 4.86. The van der Waals surface area contributed by atoms with Crippen LogP contribution in [0, 0.1) is 13.8 Å². The van der Waals surface area contributed by atoms with E-state index < -0.39 is 16.1 Å². The van der Waals surface area contributed by atoms with Crippen LogP contribution in [-0.2, 0) is 27.7 Å². The Morgan fingerprint density at radius 1 is 1.07 bits per heavy atom. The molecular weight excluding hydrogens is 396 g/mol. The Bertz CT molecular complexity index is 1030. The zero-order chi connectivity index (χ0) is 22.1. The molecule has 0 aliphatic heterocycles. The van der Waals surface area contributed by atoms with E-state index in [2.05, 4.69) is 23.5 Å². The van der Waals surface area contributed by atoms with Gasteiger partial charge in [-0.25, -0.2) is 8.42 Å². The predicted octanol–water partition coefficient (Wildman–Crippen LogP) is 4.21. The summed E-state index contributed by atoms with van der Waals surface area (Å²) in [6.45, 7) is 7.63. The van der Waals surface area contributed by atoms with Gasteiger partial charge in [-0.15, -0.1) is 0 Å². The van der Waals surface area contributed by atoms with E-state index in [1.165, 1.54) is 21.9 Å². The minimum absolute atomic E-state index is 0.196. The summed E-state index contributed by atoms with van der Waals surface area (Å²) in [6, 6.07) is 11.0. The fourth-order valence-electron chi connectivity index (χ4n) is 4.39. The summed E-state index contributed by atoms with van der Waals surface area (Å²) in [5.41, 5.74) is 6.25. The van der Waals surface area contributed by atoms with Crippen LogP contribution in [0.3, 0.4) is 0 Å². The minimum atomic E-state index is -3.64. The number of nitrogens with zero attached hydrogens (tertiary/aromatic N) is 1. The molecule has 1 aliphatic rings. The lowest BCUT2D eigenvalue weighted by Gasteiger charge is -2.31. The van der Waals surface area contributed by atoms with Crippen LogP contribution in [0.15, 0.2) is 36.4 Å². The lowest BCUT2D eigenvalue weighted by atomic mass is 10.0. The molecular formula is C24H32N2O3S. The largest absolute Gasteiger partial charge is 0.348 e. The Morgan fingerprint density at radius 3 is 2.30 bits per heavy atom. The average Bonchev–Trinajstić information content (AvgIpc) is 3.11. The second-order valence-corrected chi connectivity index (χ2v) is 10.3. The molecule has 0 fully saturated rings. The molecule has 1 aliphatic carbocycles. The summed E-state index contributed by atoms with van der Waals surface area (Å²) in [5, 5.41) is 3.04. The molecule has 0 heterocycles. The van der Waals surface area contributed by atoms with Crippen LogP contribution < -0.4 is 9.62 Å². The van der Waals surface area contributed by atoms with E-state index in [9.17, 15) is 13.2 Å². The van der Waals surface area contributed by atoms with Crippen LogP contribution in [0.4, 0.5) is 5.69 Å². The second kappa shape index (κ2) is 8.80. The van der Waals surface area contributed by atoms with E-state index in [1.54, 1.807) is 0 Å². The number of rotatable bonds is 7. The van der Waals surface area contributed by atoms with Gasteiger partial charge in [-0.05, 0) is 86.4 Å². The highest BCUT2D eigenvalue weighted by atomic mass is 32.2. The van der Waals surface area contributed by atoms with Gasteiger partial charge in [-0.2, -0.15) is 0 Å². The number of anilines is 1. The Morgan fingerprint density at radius 2 is 1.70 bits per heavy atom. The van der Waals surface area contributed by atoms with Gasteiger partial charge >= 0.3 is 0 Å². The Kier molecular flexibility index (Phi) is 6.56. The molecule has 5 nitrogen and oxygen atoms in total. The number of aryl methyl sites for hydroxylation is 4. The lowest BCUT2D eigenvalue weighted by Crippen LogP contribution is -2.49. The number of sulfonamides is 1. The van der Waals surface area contributed by atoms with Crippen molar-refractivity contribution in [2.24, 2.45) is 0 Å². The highest BCUT2D eigenvalue weighted by Gasteiger charge is 2.32. The van der Waals surface area contributed by atoms with E-state index in [4.69, 9.17) is 0 Å². The van der Waals surface area contributed by atoms with Gasteiger partial charge in [0.15, 0.2) is 0 Å². The lowest BCUT2D eigenvalue weighted by molar-refractivity contribution is -0.122. The van der Waals surface area contributed by atoms with Crippen LogP contribution in [0.25, 0.3) is 0 Å². The van der Waals surface area contributed by atoms with Crippen molar-refractivity contribution in [3.63, 3.8) is 0 Å². The van der Waals surface area contributed by atoms with Crippen molar-refractivity contribution in [2.75, 3.05) is 10.6 Å². The number of carbonyl (C=O) groups excluding carboxylic acids is 1. The first-order valence-corrected chi connectivity index (χ1v) is 12.4. The van der Waals surface area contributed by atoms with Gasteiger partial charge in [0.05, 0.1) is 18.0 Å². The van der Waals surface area contributed by atoms with Gasteiger partial charge in [0.1, 0.15) is 6.04 Å². The standard InChI is InChI=1S/C24H32N2O3S/c1-6-23(26(30(5,28)29)22-13-16(2)12-17(3)14-22)24(27)25-18(4)20-11-10-19-8-7-9-21(19)15-20/h10-15,18,23H,6-9H2,1-5H3,(H,25,27)/t18-,23-/m1/s1. The summed E-state index contributed by atoms with van der Waals surface area (Å²) >= 11 is 0. The molecule has 0 aromatic heterocycles. The number of nitrogens with one attached hydrogen (secondary N) is 1. The zero-order valence-electron chi connectivity index (χ0n) is 18.5. The first kappa shape index (κ1) is 22.3. The van der Waals surface area contributed by atoms with E-state index >= 15 is 0 Å². The smallest absolute Gasteiger partial charge is 0.244 e. The molecule has 1 amide bonds. The van der Waals surface area contributed by atoms with Crippen molar-refractivity contribution in [2.45, 2.75) is 65.5 Å². The molecule has 2 atom stereocenters. The van der Waals surface area contributed by atoms with E-state index in [0.29, 0.717) is 12.1 Å². The van der Waals surface area contributed by atoms with Gasteiger partial charge < -0.3 is 5.32 Å². The monoisotopic (exact) mass is 428 g/mol. The summed E-state index contributed by atoms with van der Waals surface area (Å²) < 4.78 is 26.6. The number of hydrogen-bond acceptors (Lipinski definition) is 3. The van der Waals surface area contributed by atoms with Gasteiger partial charge in [0, 0.05) is 0 Å². The first-order valence-electron chi connectivity index (χ1n) is 10.6. The van der Waals surface area contributed by atoms with Crippen LogP contribution >= 0.6 is 0 Å². The molecule has 162 valence electrons. The average molecular weight is 429 g/mol. The normalized spacial score (nSPS) is 15.4. The fourth-order valence-corrected chi connectivity index (χ4v) is 5.59. The van der Waals surface area contributed by atoms with Gasteiger partial charge in [0.25, 0.3) is 0 Å². The van der Waals surface area contributed by atoms with E-state index in [0.717, 1.165) is 35.8 Å². The summed E-state index contributed by atoms with van der Waals surface area (Å²) in [7, 11) is -3.64. The van der Waals surface area contributed by atoms with Crippen molar-refractivity contribution in [1.29, 1.82) is 0 Å². The summed E-state index contributed by atoms with van der Waals surface area (Å²) in [6.07, 6.45) is 4.91. The topological polar surface area (TPSA) is 66.5 Å². The molecule has 6 heteroatoms. The number of benzene rings is 2. The molecule has 0 bridgehead atoms. The van der Waals surface area contributed by atoms with Gasteiger partial charge in [0.2, 0.25) is 15.9 Å². The molecule has 30 heavy (non-hydrogen) atoms. The van der Waals surface area contributed by atoms with Crippen LogP contribution in [-0.4, -0.2) is 26.6 Å². The molecule has 3 rings (SSSR count). The SMILES string of the molecule is CC[C@H](C(=O)N[C@H](C)c1ccc2c(c1)CCC2)N(c1cc(C)cc(C)c1)S(C)(=O)=O. The third-order valence-corrected chi connectivity index (χ3v) is 6.95. The quantitative estimate of drug-likeness (QED) is 0.718. The molecule has 0 unspecified atom stereocenters. The highest BCUT2D eigenvalue weighted by molar-refractivity contribution is 7.92. The molecule has 1 N–H and O–H groups in total. The number of fused-ring (bicyclic) bond motifs is 1. The maximum absolute atomic E-state index is 13.2. The Hall–Kier alpha value is -2.34. The van der Waals surface area contributed by atoms with Crippen molar-refractivity contribution in [3.8, 4) is 0 Å². The van der Waals surface area contributed by atoms with Crippen LogP contribution in [0.1, 0.15) is 60.5 Å². The highest BCUT2D eigenvalue weighted by Crippen LogP contribution is 2.27.